The number of para-hydroxylation sites is 2. The van der Waals surface area contributed by atoms with Crippen LogP contribution in [0.5, 0.6) is 0 Å². The second-order valence-corrected chi connectivity index (χ2v) is 8.24. The lowest BCUT2D eigenvalue weighted by molar-refractivity contribution is -0.322. The summed E-state index contributed by atoms with van der Waals surface area (Å²) in [7, 11) is 0. The Labute approximate surface area is 212 Å². The quantitative estimate of drug-likeness (QED) is 0.116. The fourth-order valence-electron chi connectivity index (χ4n) is 3.48. The van der Waals surface area contributed by atoms with Gasteiger partial charge in [-0.15, -0.1) is 0 Å². The summed E-state index contributed by atoms with van der Waals surface area (Å²) in [6, 6.07) is 17.7. The van der Waals surface area contributed by atoms with Gasteiger partial charge in [-0.3, -0.25) is 10.9 Å². The van der Waals surface area contributed by atoms with Crippen molar-refractivity contribution in [2.24, 2.45) is 10.2 Å². The Morgan fingerprint density at radius 1 is 0.892 bits per heavy atom. The van der Waals surface area contributed by atoms with Crippen LogP contribution in [0.25, 0.3) is 0 Å². The van der Waals surface area contributed by atoms with E-state index in [0.717, 1.165) is 0 Å². The molecule has 0 saturated carbocycles. The van der Waals surface area contributed by atoms with Gasteiger partial charge in [0.05, 0.1) is 30.8 Å². The minimum absolute atomic E-state index is 0.144. The lowest BCUT2D eigenvalue weighted by atomic mass is 9.98. The van der Waals surface area contributed by atoms with Crippen LogP contribution in [0.15, 0.2) is 70.9 Å². The summed E-state index contributed by atoms with van der Waals surface area (Å²) in [4.78, 5) is 0. The summed E-state index contributed by atoms with van der Waals surface area (Å²) in [6.07, 6.45) is -12.1. The van der Waals surface area contributed by atoms with Gasteiger partial charge in [-0.2, -0.15) is 10.2 Å². The molecule has 9 N–H and O–H groups in total. The molecule has 202 valence electrons. The number of hydrazone groups is 2. The highest BCUT2D eigenvalue weighted by Gasteiger charge is 2.46. The third-order valence-corrected chi connectivity index (χ3v) is 5.57. The van der Waals surface area contributed by atoms with Crippen LogP contribution >= 0.6 is 0 Å². The van der Waals surface area contributed by atoms with E-state index in [-0.39, 0.29) is 5.71 Å². The van der Waals surface area contributed by atoms with Crippen molar-refractivity contribution in [1.29, 1.82) is 0 Å². The standard InChI is InChI=1S/C24H32N4O9/c29-12-17(31)23(37-24-22(35)21(34)20(33)18(13-30)36-24)19(32)16(28-27-15-9-5-2-6-10-15)11-25-26-14-7-3-1-4-8-14/h1-11,17-24,26-27,29-35H,12-13H2/b25-11-,28-16-/t17-,18-,19+,20-,21+,22-,23+,24+/m1/s1. The maximum Gasteiger partial charge on any atom is 0.187 e. The smallest absolute Gasteiger partial charge is 0.187 e. The first-order valence-electron chi connectivity index (χ1n) is 11.5. The van der Waals surface area contributed by atoms with Gasteiger partial charge in [-0.05, 0) is 24.3 Å². The zero-order chi connectivity index (χ0) is 26.8. The van der Waals surface area contributed by atoms with E-state index in [1.165, 1.54) is 6.21 Å². The van der Waals surface area contributed by atoms with E-state index in [4.69, 9.17) is 9.47 Å². The van der Waals surface area contributed by atoms with E-state index < -0.39 is 62.2 Å². The number of benzene rings is 2. The summed E-state index contributed by atoms with van der Waals surface area (Å²) in [5.41, 5.74) is 6.59. The van der Waals surface area contributed by atoms with E-state index in [1.54, 1.807) is 54.6 Å². The molecule has 1 aliphatic rings. The molecule has 1 fully saturated rings. The van der Waals surface area contributed by atoms with Gasteiger partial charge >= 0.3 is 0 Å². The van der Waals surface area contributed by atoms with Crippen LogP contribution in [0.1, 0.15) is 0 Å². The Hall–Kier alpha value is -2.98. The Bertz CT molecular complexity index is 996. The van der Waals surface area contributed by atoms with E-state index >= 15 is 0 Å². The molecule has 0 radical (unpaired) electrons. The molecule has 0 aliphatic carbocycles. The van der Waals surface area contributed by atoms with Crippen LogP contribution in [-0.4, -0.2) is 110 Å². The molecule has 2 aromatic rings. The summed E-state index contributed by atoms with van der Waals surface area (Å²) >= 11 is 0. The highest BCUT2D eigenvalue weighted by Crippen LogP contribution is 2.24. The van der Waals surface area contributed by atoms with Gasteiger partial charge in [0.1, 0.15) is 48.4 Å². The minimum atomic E-state index is -1.80. The normalized spacial score (nSPS) is 27.0. The number of ether oxygens (including phenoxy) is 2. The number of hydrogen-bond donors (Lipinski definition) is 9. The molecule has 1 heterocycles. The fraction of sp³-hybridized carbons (Fsp3) is 0.417. The number of hydrogen-bond acceptors (Lipinski definition) is 13. The Kier molecular flexibility index (Phi) is 10.9. The molecule has 13 nitrogen and oxygen atoms in total. The molecule has 0 aromatic heterocycles. The van der Waals surface area contributed by atoms with E-state index in [2.05, 4.69) is 21.1 Å². The SMILES string of the molecule is OC[C@@H](O)[C@H](O[C@@H]1O[C@H](CO)[C@@H](O)[C@H](O)[C@H]1O)[C@@H](O)C(/C=N\Nc1ccccc1)=N\Nc1ccccc1. The topological polar surface area (TPSA) is 209 Å². The molecule has 1 aliphatic heterocycles. The molecule has 0 spiro atoms. The number of nitrogens with zero attached hydrogens (tertiary/aromatic N) is 2. The van der Waals surface area contributed by atoms with Crippen molar-refractivity contribution in [2.75, 3.05) is 24.1 Å². The number of anilines is 2. The first kappa shape index (κ1) is 28.6. The molecular weight excluding hydrogens is 488 g/mol. The Morgan fingerprint density at radius 3 is 2.05 bits per heavy atom. The third kappa shape index (κ3) is 7.75. The van der Waals surface area contributed by atoms with Crippen molar-refractivity contribution >= 4 is 23.3 Å². The molecule has 2 aromatic carbocycles. The number of aliphatic hydroxyl groups excluding tert-OH is 7. The van der Waals surface area contributed by atoms with Crippen LogP contribution in [-0.2, 0) is 9.47 Å². The van der Waals surface area contributed by atoms with Crippen LogP contribution in [0.4, 0.5) is 11.4 Å². The van der Waals surface area contributed by atoms with Crippen molar-refractivity contribution in [3.63, 3.8) is 0 Å². The largest absolute Gasteiger partial charge is 0.394 e. The van der Waals surface area contributed by atoms with Crippen molar-refractivity contribution in [3.8, 4) is 0 Å². The molecule has 0 unspecified atom stereocenters. The summed E-state index contributed by atoms with van der Waals surface area (Å²) in [6.45, 7) is -1.55. The highest BCUT2D eigenvalue weighted by atomic mass is 16.7. The molecule has 8 atom stereocenters. The second-order valence-electron chi connectivity index (χ2n) is 8.24. The maximum absolute atomic E-state index is 11.1. The van der Waals surface area contributed by atoms with E-state index in [1.807, 2.05) is 6.07 Å². The number of aliphatic hydroxyl groups is 7. The first-order chi connectivity index (χ1) is 17.8. The molecule has 0 bridgehead atoms. The van der Waals surface area contributed by atoms with Crippen LogP contribution < -0.4 is 10.9 Å². The predicted octanol–water partition coefficient (Wildman–Crippen LogP) is -1.55. The first-order valence-corrected chi connectivity index (χ1v) is 11.5. The Morgan fingerprint density at radius 2 is 1.49 bits per heavy atom. The van der Waals surface area contributed by atoms with Crippen molar-refractivity contribution in [2.45, 2.75) is 49.0 Å². The molecule has 0 amide bonds. The number of nitrogens with one attached hydrogen (secondary N) is 2. The van der Waals surface area contributed by atoms with Crippen LogP contribution in [0.2, 0.25) is 0 Å². The van der Waals surface area contributed by atoms with Gasteiger partial charge in [0.25, 0.3) is 0 Å². The second kappa shape index (κ2) is 14.1. The lowest BCUT2D eigenvalue weighted by Crippen LogP contribution is -2.61. The van der Waals surface area contributed by atoms with Crippen molar-refractivity contribution in [3.05, 3.63) is 60.7 Å². The lowest BCUT2D eigenvalue weighted by Gasteiger charge is -2.41. The van der Waals surface area contributed by atoms with Crippen LogP contribution in [0, 0.1) is 0 Å². The zero-order valence-corrected chi connectivity index (χ0v) is 19.7. The van der Waals surface area contributed by atoms with Crippen molar-refractivity contribution in [1.82, 2.24) is 0 Å². The van der Waals surface area contributed by atoms with E-state index in [0.29, 0.717) is 11.4 Å². The Balaban J connectivity index is 1.85. The average molecular weight is 521 g/mol. The molecule has 13 heteroatoms. The summed E-state index contributed by atoms with van der Waals surface area (Å²) in [5, 5.41) is 79.1. The van der Waals surface area contributed by atoms with Gasteiger partial charge in [0.15, 0.2) is 6.29 Å². The van der Waals surface area contributed by atoms with Gasteiger partial charge < -0.3 is 45.2 Å². The van der Waals surface area contributed by atoms with Gasteiger partial charge in [-0.1, -0.05) is 36.4 Å². The molecule has 3 rings (SSSR count). The van der Waals surface area contributed by atoms with Gasteiger partial charge in [-0.25, -0.2) is 0 Å². The summed E-state index contributed by atoms with van der Waals surface area (Å²) < 4.78 is 10.9. The van der Waals surface area contributed by atoms with Crippen LogP contribution in [0.3, 0.4) is 0 Å². The monoisotopic (exact) mass is 520 g/mol. The number of rotatable bonds is 12. The van der Waals surface area contributed by atoms with Gasteiger partial charge in [0.2, 0.25) is 0 Å². The van der Waals surface area contributed by atoms with Crippen molar-refractivity contribution < 1.29 is 45.2 Å². The molecular formula is C24H32N4O9. The molecule has 37 heavy (non-hydrogen) atoms. The van der Waals surface area contributed by atoms with Gasteiger partial charge in [0, 0.05) is 0 Å². The zero-order valence-electron chi connectivity index (χ0n) is 19.7. The maximum atomic E-state index is 11.1. The third-order valence-electron chi connectivity index (χ3n) is 5.57. The fourth-order valence-corrected chi connectivity index (χ4v) is 3.48. The highest BCUT2D eigenvalue weighted by molar-refractivity contribution is 6.33. The molecule has 1 saturated heterocycles. The van der Waals surface area contributed by atoms with E-state index in [9.17, 15) is 35.7 Å². The minimum Gasteiger partial charge on any atom is -0.394 e. The average Bonchev–Trinajstić information content (AvgIpc) is 2.93. The predicted molar refractivity (Wildman–Crippen MR) is 134 cm³/mol. The summed E-state index contributed by atoms with van der Waals surface area (Å²) in [5.74, 6) is 0.